The van der Waals surface area contributed by atoms with Gasteiger partial charge in [0.05, 0.1) is 4.90 Å². The van der Waals surface area contributed by atoms with Gasteiger partial charge < -0.3 is 5.11 Å². The minimum absolute atomic E-state index is 0.0531. The molecule has 0 saturated carbocycles. The second-order valence-corrected chi connectivity index (χ2v) is 7.57. The summed E-state index contributed by atoms with van der Waals surface area (Å²) in [6, 6.07) is 3.34. The molecule has 2 N–H and O–H groups in total. The summed E-state index contributed by atoms with van der Waals surface area (Å²) >= 11 is 1.81. The fourth-order valence-electron chi connectivity index (χ4n) is 2.02. The van der Waals surface area contributed by atoms with Crippen LogP contribution in [0.2, 0.25) is 0 Å². The summed E-state index contributed by atoms with van der Waals surface area (Å²) in [5.74, 6) is 6.58. The third kappa shape index (κ3) is 4.45. The fraction of sp³-hybridized carbons (Fsp3) is 0.429. The van der Waals surface area contributed by atoms with E-state index in [-0.39, 0.29) is 10.5 Å². The number of sulfonamides is 1. The van der Waals surface area contributed by atoms with Crippen LogP contribution in [-0.4, -0.2) is 38.2 Å². The zero-order chi connectivity index (χ0) is 15.3. The first-order valence-electron chi connectivity index (χ1n) is 6.49. The van der Waals surface area contributed by atoms with Crippen molar-refractivity contribution in [3.63, 3.8) is 0 Å². The molecule has 7 heteroatoms. The van der Waals surface area contributed by atoms with Gasteiger partial charge in [-0.2, -0.15) is 11.8 Å². The van der Waals surface area contributed by atoms with Gasteiger partial charge in [0.2, 0.25) is 10.0 Å². The van der Waals surface area contributed by atoms with Gasteiger partial charge in [0, 0.05) is 12.1 Å². The van der Waals surface area contributed by atoms with Crippen LogP contribution in [-0.2, 0) is 10.0 Å². The van der Waals surface area contributed by atoms with Gasteiger partial charge in [0.1, 0.15) is 12.4 Å². The third-order valence-corrected chi connectivity index (χ3v) is 5.83. The molecule has 0 amide bonds. The molecule has 0 radical (unpaired) electrons. The Hall–Kier alpha value is -1.07. The number of thioether (sulfide) groups is 1. The van der Waals surface area contributed by atoms with Crippen LogP contribution in [0.5, 0.6) is 0 Å². The molecular weight excluding hydrogens is 313 g/mol. The molecule has 1 aromatic rings. The molecule has 0 aromatic heterocycles. The number of aliphatic hydroxyl groups is 1. The lowest BCUT2D eigenvalue weighted by Crippen LogP contribution is -2.30. The van der Waals surface area contributed by atoms with Crippen LogP contribution in [0.3, 0.4) is 0 Å². The van der Waals surface area contributed by atoms with Crippen LogP contribution in [0.4, 0.5) is 4.39 Å². The van der Waals surface area contributed by atoms with Gasteiger partial charge in [-0.15, -0.1) is 0 Å². The molecule has 1 atom stereocenters. The summed E-state index contributed by atoms with van der Waals surface area (Å²) in [6.07, 6.45) is 0.994. The van der Waals surface area contributed by atoms with Crippen molar-refractivity contribution >= 4 is 21.8 Å². The van der Waals surface area contributed by atoms with E-state index in [2.05, 4.69) is 16.6 Å². The van der Waals surface area contributed by atoms with E-state index in [1.165, 1.54) is 6.07 Å². The average Bonchev–Trinajstić information content (AvgIpc) is 2.96. The minimum atomic E-state index is -3.74. The van der Waals surface area contributed by atoms with E-state index in [0.29, 0.717) is 12.5 Å². The maximum absolute atomic E-state index is 13.2. The van der Waals surface area contributed by atoms with Crippen LogP contribution < -0.4 is 4.72 Å². The second-order valence-electron chi connectivity index (χ2n) is 4.68. The number of rotatable bonds is 4. The molecule has 0 bridgehead atoms. The van der Waals surface area contributed by atoms with Crippen molar-refractivity contribution in [3.05, 3.63) is 29.6 Å². The zero-order valence-corrected chi connectivity index (χ0v) is 12.9. The first kappa shape index (κ1) is 16.3. The fourth-order valence-corrected chi connectivity index (χ4v) is 4.56. The highest BCUT2D eigenvalue weighted by molar-refractivity contribution is 7.99. The molecule has 1 saturated heterocycles. The Bertz CT molecular complexity index is 659. The van der Waals surface area contributed by atoms with Gasteiger partial charge in [0.25, 0.3) is 0 Å². The van der Waals surface area contributed by atoms with E-state index in [9.17, 15) is 12.8 Å². The van der Waals surface area contributed by atoms with Crippen molar-refractivity contribution in [1.82, 2.24) is 4.72 Å². The number of aliphatic hydroxyl groups excluding tert-OH is 1. The van der Waals surface area contributed by atoms with Gasteiger partial charge in [-0.1, -0.05) is 11.8 Å². The summed E-state index contributed by atoms with van der Waals surface area (Å²) in [5.41, 5.74) is 0.0531. The Morgan fingerprint density at radius 3 is 2.95 bits per heavy atom. The van der Waals surface area contributed by atoms with E-state index < -0.39 is 22.4 Å². The topological polar surface area (TPSA) is 66.4 Å². The lowest BCUT2D eigenvalue weighted by Gasteiger charge is -2.12. The monoisotopic (exact) mass is 329 g/mol. The summed E-state index contributed by atoms with van der Waals surface area (Å²) in [6.45, 7) is -0.0394. The SMILES string of the molecule is O=S(=O)(NCC1CCSC1)c1ccc(F)cc1C#CCO. The van der Waals surface area contributed by atoms with Crippen LogP contribution >= 0.6 is 11.8 Å². The van der Waals surface area contributed by atoms with Crippen molar-refractivity contribution in [2.24, 2.45) is 5.92 Å². The highest BCUT2D eigenvalue weighted by atomic mass is 32.2. The smallest absolute Gasteiger partial charge is 0.241 e. The van der Waals surface area contributed by atoms with E-state index in [1.54, 1.807) is 0 Å². The molecule has 4 nitrogen and oxygen atoms in total. The first-order chi connectivity index (χ1) is 10.0. The Balaban J connectivity index is 2.21. The largest absolute Gasteiger partial charge is 0.384 e. The lowest BCUT2D eigenvalue weighted by atomic mass is 10.1. The Morgan fingerprint density at radius 2 is 2.29 bits per heavy atom. The molecule has 114 valence electrons. The number of hydrogen-bond donors (Lipinski definition) is 2. The van der Waals surface area contributed by atoms with Gasteiger partial charge in [-0.25, -0.2) is 17.5 Å². The maximum atomic E-state index is 13.2. The summed E-state index contributed by atoms with van der Waals surface area (Å²) < 4.78 is 40.4. The first-order valence-corrected chi connectivity index (χ1v) is 9.13. The van der Waals surface area contributed by atoms with Crippen LogP contribution in [0, 0.1) is 23.6 Å². The molecule has 21 heavy (non-hydrogen) atoms. The Morgan fingerprint density at radius 1 is 1.48 bits per heavy atom. The Labute approximate surface area is 128 Å². The molecule has 1 fully saturated rings. The standard InChI is InChI=1S/C14H16FNO3S2/c15-13-3-4-14(12(8-13)2-1-6-17)21(18,19)16-9-11-5-7-20-10-11/h3-4,8,11,16-17H,5-7,9-10H2. The zero-order valence-electron chi connectivity index (χ0n) is 11.3. The summed E-state index contributed by atoms with van der Waals surface area (Å²) in [5, 5.41) is 8.70. The molecular formula is C14H16FNO3S2. The predicted molar refractivity (Wildman–Crippen MR) is 81.0 cm³/mol. The molecule has 0 aliphatic carbocycles. The number of hydrogen-bond acceptors (Lipinski definition) is 4. The van der Waals surface area contributed by atoms with Crippen molar-refractivity contribution < 1.29 is 17.9 Å². The molecule has 1 unspecified atom stereocenters. The van der Waals surface area contributed by atoms with Gasteiger partial charge in [-0.3, -0.25) is 0 Å². The molecule has 1 aliphatic rings. The van der Waals surface area contributed by atoms with Crippen molar-refractivity contribution in [1.29, 1.82) is 0 Å². The summed E-state index contributed by atoms with van der Waals surface area (Å²) in [7, 11) is -3.74. The van der Waals surface area contributed by atoms with Crippen molar-refractivity contribution in [2.45, 2.75) is 11.3 Å². The van der Waals surface area contributed by atoms with Crippen LogP contribution in [0.15, 0.2) is 23.1 Å². The van der Waals surface area contributed by atoms with E-state index in [1.807, 2.05) is 11.8 Å². The Kier molecular flexibility index (Phi) is 5.65. The molecule has 0 spiro atoms. The quantitative estimate of drug-likeness (QED) is 0.815. The van der Waals surface area contributed by atoms with Crippen molar-refractivity contribution in [3.8, 4) is 11.8 Å². The van der Waals surface area contributed by atoms with Crippen molar-refractivity contribution in [2.75, 3.05) is 24.7 Å². The van der Waals surface area contributed by atoms with Crippen LogP contribution in [0.25, 0.3) is 0 Å². The lowest BCUT2D eigenvalue weighted by molar-refractivity contribution is 0.350. The van der Waals surface area contributed by atoms with Crippen LogP contribution in [0.1, 0.15) is 12.0 Å². The number of halogens is 1. The third-order valence-electron chi connectivity index (χ3n) is 3.12. The second kappa shape index (κ2) is 7.27. The molecule has 2 rings (SSSR count). The van der Waals surface area contributed by atoms with E-state index in [4.69, 9.17) is 5.11 Å². The highest BCUT2D eigenvalue weighted by Gasteiger charge is 2.22. The normalized spacial score (nSPS) is 18.3. The average molecular weight is 329 g/mol. The van der Waals surface area contributed by atoms with Gasteiger partial charge in [0.15, 0.2) is 0 Å². The minimum Gasteiger partial charge on any atom is -0.384 e. The van der Waals surface area contributed by atoms with Gasteiger partial charge in [-0.05, 0) is 42.0 Å². The summed E-state index contributed by atoms with van der Waals surface area (Å²) in [4.78, 5) is -0.0597. The maximum Gasteiger partial charge on any atom is 0.241 e. The highest BCUT2D eigenvalue weighted by Crippen LogP contribution is 2.23. The van der Waals surface area contributed by atoms with Gasteiger partial charge >= 0.3 is 0 Å². The number of nitrogens with one attached hydrogen (secondary N) is 1. The molecule has 1 heterocycles. The molecule has 1 aromatic carbocycles. The number of benzene rings is 1. The van der Waals surface area contributed by atoms with E-state index in [0.717, 1.165) is 30.1 Å². The molecule has 1 aliphatic heterocycles. The van der Waals surface area contributed by atoms with E-state index >= 15 is 0 Å². The predicted octanol–water partition coefficient (Wildman–Crippen LogP) is 1.20.